The number of hydrogen-bond donors (Lipinski definition) is 1. The molecule has 96 valence electrons. The summed E-state index contributed by atoms with van der Waals surface area (Å²) in [5, 5.41) is 9.08. The predicted molar refractivity (Wildman–Crippen MR) is 66.2 cm³/mol. The molecule has 0 spiro atoms. The zero-order valence-corrected chi connectivity index (χ0v) is 10.3. The second kappa shape index (κ2) is 5.39. The molecule has 18 heavy (non-hydrogen) atoms. The van der Waals surface area contributed by atoms with Gasteiger partial charge in [0.15, 0.2) is 0 Å². The van der Waals surface area contributed by atoms with E-state index in [2.05, 4.69) is 0 Å². The highest BCUT2D eigenvalue weighted by atomic mass is 32.2. The first-order valence-electron chi connectivity index (χ1n) is 5.46. The molecule has 1 unspecified atom stereocenters. The van der Waals surface area contributed by atoms with Crippen LogP contribution in [0, 0.1) is 5.82 Å². The van der Waals surface area contributed by atoms with E-state index in [0.29, 0.717) is 17.9 Å². The fourth-order valence-electron chi connectivity index (χ4n) is 1.81. The fraction of sp³-hybridized carbons (Fsp3) is 0.333. The van der Waals surface area contributed by atoms with Gasteiger partial charge in [-0.3, -0.25) is 4.79 Å². The first-order valence-corrected chi connectivity index (χ1v) is 6.62. The first kappa shape index (κ1) is 12.9. The van der Waals surface area contributed by atoms with E-state index in [4.69, 9.17) is 5.11 Å². The molecule has 2 rings (SSSR count). The quantitative estimate of drug-likeness (QED) is 0.883. The summed E-state index contributed by atoms with van der Waals surface area (Å²) in [6.07, 6.45) is 0. The lowest BCUT2D eigenvalue weighted by molar-refractivity contribution is -0.141. The van der Waals surface area contributed by atoms with Gasteiger partial charge in [-0.05, 0) is 24.3 Å². The Bertz CT molecular complexity index is 463. The average Bonchev–Trinajstić information content (AvgIpc) is 2.39. The lowest BCUT2D eigenvalue weighted by atomic mass is 10.1. The second-order valence-corrected chi connectivity index (χ2v) is 5.08. The van der Waals surface area contributed by atoms with Crippen LogP contribution in [0.3, 0.4) is 0 Å². The van der Waals surface area contributed by atoms with E-state index in [0.717, 1.165) is 5.75 Å². The summed E-state index contributed by atoms with van der Waals surface area (Å²) in [7, 11) is 0. The Kier molecular flexibility index (Phi) is 3.86. The molecule has 1 aromatic rings. The van der Waals surface area contributed by atoms with E-state index >= 15 is 0 Å². The number of hydrogen-bond acceptors (Lipinski definition) is 3. The van der Waals surface area contributed by atoms with Gasteiger partial charge in [0.25, 0.3) is 5.91 Å². The number of carboxylic acids is 1. The molecule has 1 aliphatic rings. The third-order valence-electron chi connectivity index (χ3n) is 2.77. The van der Waals surface area contributed by atoms with E-state index in [1.165, 1.54) is 40.9 Å². The molecule has 1 amide bonds. The van der Waals surface area contributed by atoms with E-state index in [1.54, 1.807) is 0 Å². The van der Waals surface area contributed by atoms with Gasteiger partial charge in [0, 0.05) is 23.6 Å². The summed E-state index contributed by atoms with van der Waals surface area (Å²) in [6.45, 7) is 0.401. The average molecular weight is 269 g/mol. The van der Waals surface area contributed by atoms with Crippen LogP contribution in [0.2, 0.25) is 0 Å². The third kappa shape index (κ3) is 2.64. The zero-order valence-electron chi connectivity index (χ0n) is 9.51. The Morgan fingerprint density at radius 1 is 1.33 bits per heavy atom. The molecular weight excluding hydrogens is 257 g/mol. The zero-order chi connectivity index (χ0) is 13.1. The van der Waals surface area contributed by atoms with Gasteiger partial charge in [0.2, 0.25) is 0 Å². The van der Waals surface area contributed by atoms with Gasteiger partial charge in [-0.25, -0.2) is 9.18 Å². The Morgan fingerprint density at radius 3 is 2.61 bits per heavy atom. The molecular formula is C12H12FNO3S. The van der Waals surface area contributed by atoms with Crippen molar-refractivity contribution < 1.29 is 19.1 Å². The Balaban J connectivity index is 2.20. The molecule has 0 saturated carbocycles. The molecule has 1 aromatic carbocycles. The number of nitrogens with zero attached hydrogens (tertiary/aromatic N) is 1. The predicted octanol–water partition coefficient (Wildman–Crippen LogP) is 1.47. The number of carboxylic acid groups (broad SMARTS) is 1. The molecule has 6 heteroatoms. The molecule has 0 aliphatic carbocycles. The number of rotatable bonds is 2. The number of carbonyl (C=O) groups is 2. The number of amides is 1. The Hall–Kier alpha value is -1.56. The summed E-state index contributed by atoms with van der Waals surface area (Å²) in [6, 6.07) is 4.33. The Morgan fingerprint density at radius 2 is 2.00 bits per heavy atom. The van der Waals surface area contributed by atoms with Crippen molar-refractivity contribution >= 4 is 23.6 Å². The van der Waals surface area contributed by atoms with Crippen molar-refractivity contribution in [3.63, 3.8) is 0 Å². The van der Waals surface area contributed by atoms with Gasteiger partial charge in [-0.15, -0.1) is 0 Å². The number of thioether (sulfide) groups is 1. The van der Waals surface area contributed by atoms with E-state index < -0.39 is 17.8 Å². The standard InChI is InChI=1S/C12H12FNO3S/c13-9-3-1-8(2-4-9)11(15)14-5-6-18-7-10(14)12(16)17/h1-4,10H,5-7H2,(H,16,17). The minimum atomic E-state index is -1.00. The molecule has 1 N–H and O–H groups in total. The summed E-state index contributed by atoms with van der Waals surface area (Å²) in [5.41, 5.74) is 0.314. The smallest absolute Gasteiger partial charge is 0.327 e. The minimum Gasteiger partial charge on any atom is -0.480 e. The van der Waals surface area contributed by atoms with Crippen molar-refractivity contribution in [1.29, 1.82) is 0 Å². The molecule has 1 atom stereocenters. The van der Waals surface area contributed by atoms with Crippen molar-refractivity contribution in [2.45, 2.75) is 6.04 Å². The maximum Gasteiger partial charge on any atom is 0.327 e. The van der Waals surface area contributed by atoms with Crippen LogP contribution >= 0.6 is 11.8 Å². The molecule has 0 radical (unpaired) electrons. The van der Waals surface area contributed by atoms with Crippen LogP contribution in [0.5, 0.6) is 0 Å². The van der Waals surface area contributed by atoms with Crippen molar-refractivity contribution in [3.8, 4) is 0 Å². The largest absolute Gasteiger partial charge is 0.480 e. The summed E-state index contributed by atoms with van der Waals surface area (Å²) in [5.74, 6) is -0.671. The highest BCUT2D eigenvalue weighted by Crippen LogP contribution is 2.19. The maximum absolute atomic E-state index is 12.8. The van der Waals surface area contributed by atoms with Crippen molar-refractivity contribution in [3.05, 3.63) is 35.6 Å². The molecule has 4 nitrogen and oxygen atoms in total. The normalized spacial score (nSPS) is 19.6. The van der Waals surface area contributed by atoms with Crippen LogP contribution < -0.4 is 0 Å². The van der Waals surface area contributed by atoms with Gasteiger partial charge >= 0.3 is 5.97 Å². The lowest BCUT2D eigenvalue weighted by Crippen LogP contribution is -2.50. The lowest BCUT2D eigenvalue weighted by Gasteiger charge is -2.32. The molecule has 1 saturated heterocycles. The van der Waals surface area contributed by atoms with Gasteiger partial charge in [0.1, 0.15) is 11.9 Å². The topological polar surface area (TPSA) is 57.6 Å². The Labute approximate surface area is 108 Å². The number of halogens is 1. The van der Waals surface area contributed by atoms with Crippen LogP contribution in [-0.2, 0) is 4.79 Å². The second-order valence-electron chi connectivity index (χ2n) is 3.93. The highest BCUT2D eigenvalue weighted by molar-refractivity contribution is 7.99. The van der Waals surface area contributed by atoms with Crippen molar-refractivity contribution in [2.75, 3.05) is 18.1 Å². The summed E-state index contributed by atoms with van der Waals surface area (Å²) in [4.78, 5) is 24.6. The van der Waals surface area contributed by atoms with Crippen LogP contribution in [0.15, 0.2) is 24.3 Å². The van der Waals surface area contributed by atoms with Gasteiger partial charge in [-0.2, -0.15) is 11.8 Å². The molecule has 1 fully saturated rings. The van der Waals surface area contributed by atoms with Gasteiger partial charge in [0.05, 0.1) is 0 Å². The molecule has 1 aliphatic heterocycles. The van der Waals surface area contributed by atoms with E-state index in [1.807, 2.05) is 0 Å². The van der Waals surface area contributed by atoms with Crippen molar-refractivity contribution in [2.24, 2.45) is 0 Å². The molecule has 0 aromatic heterocycles. The number of aliphatic carboxylic acids is 1. The SMILES string of the molecule is O=C(O)C1CSCCN1C(=O)c1ccc(F)cc1. The monoisotopic (exact) mass is 269 g/mol. The molecule has 0 bridgehead atoms. The summed E-state index contributed by atoms with van der Waals surface area (Å²) < 4.78 is 12.8. The third-order valence-corrected chi connectivity index (χ3v) is 3.79. The first-order chi connectivity index (χ1) is 8.59. The summed E-state index contributed by atoms with van der Waals surface area (Å²) >= 11 is 1.52. The highest BCUT2D eigenvalue weighted by Gasteiger charge is 2.32. The maximum atomic E-state index is 12.8. The van der Waals surface area contributed by atoms with Crippen molar-refractivity contribution in [1.82, 2.24) is 4.90 Å². The van der Waals surface area contributed by atoms with Gasteiger partial charge < -0.3 is 10.0 Å². The fourth-order valence-corrected chi connectivity index (χ4v) is 2.85. The van der Waals surface area contributed by atoms with Crippen LogP contribution in [0.1, 0.15) is 10.4 Å². The molecule has 1 heterocycles. The van der Waals surface area contributed by atoms with E-state index in [-0.39, 0.29) is 5.91 Å². The van der Waals surface area contributed by atoms with Crippen LogP contribution in [0.25, 0.3) is 0 Å². The van der Waals surface area contributed by atoms with Gasteiger partial charge in [-0.1, -0.05) is 0 Å². The number of benzene rings is 1. The minimum absolute atomic E-state index is 0.314. The van der Waals surface area contributed by atoms with Crippen LogP contribution in [0.4, 0.5) is 4.39 Å². The van der Waals surface area contributed by atoms with E-state index in [9.17, 15) is 14.0 Å². The van der Waals surface area contributed by atoms with Crippen LogP contribution in [-0.4, -0.2) is 46.0 Å². The number of carbonyl (C=O) groups excluding carboxylic acids is 1.